The van der Waals surface area contributed by atoms with Gasteiger partial charge in [-0.1, -0.05) is 6.92 Å². The van der Waals surface area contributed by atoms with Crippen molar-refractivity contribution in [2.24, 2.45) is 11.1 Å². The molecule has 1 aliphatic rings. The molecule has 4 N–H and O–H groups in total. The van der Waals surface area contributed by atoms with Gasteiger partial charge in [-0.05, 0) is 32.9 Å². The minimum atomic E-state index is -0.386. The van der Waals surface area contributed by atoms with E-state index < -0.39 is 0 Å². The van der Waals surface area contributed by atoms with Gasteiger partial charge in [0.15, 0.2) is 0 Å². The molecule has 1 unspecified atom stereocenters. The molecule has 1 heterocycles. The van der Waals surface area contributed by atoms with Crippen LogP contribution in [0.1, 0.15) is 33.1 Å². The van der Waals surface area contributed by atoms with E-state index in [2.05, 4.69) is 10.6 Å². The zero-order chi connectivity index (χ0) is 12.2. The predicted molar refractivity (Wildman–Crippen MR) is 61.6 cm³/mol. The van der Waals surface area contributed by atoms with Crippen LogP contribution in [0.2, 0.25) is 0 Å². The van der Waals surface area contributed by atoms with Crippen molar-refractivity contribution in [3.05, 3.63) is 0 Å². The van der Waals surface area contributed by atoms with Crippen LogP contribution in [0.3, 0.4) is 0 Å². The van der Waals surface area contributed by atoms with Gasteiger partial charge >= 0.3 is 0 Å². The Kier molecular flexibility index (Phi) is 4.29. The minimum Gasteiger partial charge on any atom is -0.370 e. The summed E-state index contributed by atoms with van der Waals surface area (Å²) in [5, 5.41) is 6.08. The molecule has 0 bridgehead atoms. The molecule has 5 nitrogen and oxygen atoms in total. The summed E-state index contributed by atoms with van der Waals surface area (Å²) in [6.07, 6.45) is 1.87. The van der Waals surface area contributed by atoms with Crippen LogP contribution in [-0.4, -0.2) is 30.9 Å². The van der Waals surface area contributed by atoms with Gasteiger partial charge in [0, 0.05) is 17.9 Å². The van der Waals surface area contributed by atoms with Gasteiger partial charge in [0.2, 0.25) is 11.8 Å². The van der Waals surface area contributed by atoms with E-state index in [9.17, 15) is 9.59 Å². The van der Waals surface area contributed by atoms with E-state index in [1.165, 1.54) is 0 Å². The van der Waals surface area contributed by atoms with Crippen LogP contribution >= 0.6 is 0 Å². The first-order valence-corrected chi connectivity index (χ1v) is 5.74. The topological polar surface area (TPSA) is 84.2 Å². The Morgan fingerprint density at radius 1 is 1.44 bits per heavy atom. The molecule has 1 saturated heterocycles. The molecule has 0 spiro atoms. The quantitative estimate of drug-likeness (QED) is 0.619. The molecule has 2 amide bonds. The molecule has 0 aliphatic carbocycles. The molecule has 1 fully saturated rings. The van der Waals surface area contributed by atoms with Gasteiger partial charge in [-0.15, -0.1) is 0 Å². The summed E-state index contributed by atoms with van der Waals surface area (Å²) in [7, 11) is 0. The fourth-order valence-electron chi connectivity index (χ4n) is 1.96. The number of hydrogen-bond acceptors (Lipinski definition) is 3. The van der Waals surface area contributed by atoms with Crippen LogP contribution in [0.4, 0.5) is 0 Å². The lowest BCUT2D eigenvalue weighted by Gasteiger charge is -2.33. The smallest absolute Gasteiger partial charge is 0.226 e. The third-order valence-electron chi connectivity index (χ3n) is 3.14. The molecule has 0 aromatic carbocycles. The fraction of sp³-hybridized carbons (Fsp3) is 0.818. The second-order valence-corrected chi connectivity index (χ2v) is 4.86. The van der Waals surface area contributed by atoms with Gasteiger partial charge in [-0.3, -0.25) is 9.59 Å². The SMILES string of the molecule is CC(CC(N)=O)NC(=O)C1(C)CCNCC1. The maximum absolute atomic E-state index is 12.0. The van der Waals surface area contributed by atoms with Crippen LogP contribution < -0.4 is 16.4 Å². The average molecular weight is 227 g/mol. The maximum atomic E-state index is 12.0. The van der Waals surface area contributed by atoms with E-state index in [4.69, 9.17) is 5.73 Å². The molecule has 16 heavy (non-hydrogen) atoms. The number of nitrogens with two attached hydrogens (primary N) is 1. The Bertz CT molecular complexity index is 272. The molecule has 92 valence electrons. The molecule has 0 aromatic rings. The average Bonchev–Trinajstić information content (AvgIpc) is 2.17. The highest BCUT2D eigenvalue weighted by Crippen LogP contribution is 2.28. The lowest BCUT2D eigenvalue weighted by Crippen LogP contribution is -2.48. The number of carbonyl (C=O) groups is 2. The lowest BCUT2D eigenvalue weighted by molar-refractivity contribution is -0.132. The molecule has 5 heteroatoms. The first-order valence-electron chi connectivity index (χ1n) is 5.74. The molecule has 1 rings (SSSR count). The highest BCUT2D eigenvalue weighted by atomic mass is 16.2. The minimum absolute atomic E-state index is 0.0303. The van der Waals surface area contributed by atoms with E-state index in [0.29, 0.717) is 0 Å². The van der Waals surface area contributed by atoms with Crippen LogP contribution in [-0.2, 0) is 9.59 Å². The zero-order valence-electron chi connectivity index (χ0n) is 10.0. The maximum Gasteiger partial charge on any atom is 0.226 e. The normalized spacial score (nSPS) is 21.1. The molecule has 0 aromatic heterocycles. The van der Waals surface area contributed by atoms with E-state index in [0.717, 1.165) is 25.9 Å². The highest BCUT2D eigenvalue weighted by Gasteiger charge is 2.34. The van der Waals surface area contributed by atoms with Gasteiger partial charge in [0.05, 0.1) is 0 Å². The van der Waals surface area contributed by atoms with Crippen molar-refractivity contribution in [3.63, 3.8) is 0 Å². The van der Waals surface area contributed by atoms with Crippen molar-refractivity contribution < 1.29 is 9.59 Å². The number of carbonyl (C=O) groups excluding carboxylic acids is 2. The Morgan fingerprint density at radius 3 is 2.50 bits per heavy atom. The molecule has 0 saturated carbocycles. The van der Waals surface area contributed by atoms with Crippen molar-refractivity contribution in [1.82, 2.24) is 10.6 Å². The summed E-state index contributed by atoms with van der Waals surface area (Å²) >= 11 is 0. The van der Waals surface area contributed by atoms with E-state index in [1.807, 2.05) is 6.92 Å². The Balaban J connectivity index is 2.47. The third kappa shape index (κ3) is 3.48. The van der Waals surface area contributed by atoms with Crippen molar-refractivity contribution in [3.8, 4) is 0 Å². The number of hydrogen-bond donors (Lipinski definition) is 3. The lowest BCUT2D eigenvalue weighted by atomic mass is 9.80. The predicted octanol–water partition coefficient (Wildman–Crippen LogP) is -0.244. The van der Waals surface area contributed by atoms with Crippen molar-refractivity contribution >= 4 is 11.8 Å². The summed E-state index contributed by atoms with van der Waals surface area (Å²) in [5.74, 6) is -0.356. The molecular weight excluding hydrogens is 206 g/mol. The Hall–Kier alpha value is -1.10. The molecule has 0 radical (unpaired) electrons. The first-order chi connectivity index (χ1) is 7.44. The van der Waals surface area contributed by atoms with Gasteiger partial charge in [0.1, 0.15) is 0 Å². The summed E-state index contributed by atoms with van der Waals surface area (Å²) in [4.78, 5) is 22.7. The van der Waals surface area contributed by atoms with Crippen molar-refractivity contribution in [2.45, 2.75) is 39.2 Å². The fourth-order valence-corrected chi connectivity index (χ4v) is 1.96. The van der Waals surface area contributed by atoms with Crippen molar-refractivity contribution in [2.75, 3.05) is 13.1 Å². The van der Waals surface area contributed by atoms with Gasteiger partial charge < -0.3 is 16.4 Å². The van der Waals surface area contributed by atoms with Gasteiger partial charge in [0.25, 0.3) is 0 Å². The summed E-state index contributed by atoms with van der Waals surface area (Å²) in [6.45, 7) is 5.51. The number of nitrogens with one attached hydrogen (secondary N) is 2. The number of rotatable bonds is 4. The van der Waals surface area contributed by atoms with E-state index >= 15 is 0 Å². The summed E-state index contributed by atoms with van der Waals surface area (Å²) < 4.78 is 0. The summed E-state index contributed by atoms with van der Waals surface area (Å²) in [5.41, 5.74) is 4.77. The Labute approximate surface area is 96.1 Å². The van der Waals surface area contributed by atoms with E-state index in [-0.39, 0.29) is 29.7 Å². The largest absolute Gasteiger partial charge is 0.370 e. The Morgan fingerprint density at radius 2 is 2.00 bits per heavy atom. The van der Waals surface area contributed by atoms with Gasteiger partial charge in [-0.2, -0.15) is 0 Å². The standard InChI is InChI=1S/C11H21N3O2/c1-8(7-9(12)15)14-10(16)11(2)3-5-13-6-4-11/h8,13H,3-7H2,1-2H3,(H2,12,15)(H,14,16). The first kappa shape index (κ1) is 13.0. The molecule has 1 aliphatic heterocycles. The third-order valence-corrected chi connectivity index (χ3v) is 3.14. The van der Waals surface area contributed by atoms with Crippen molar-refractivity contribution in [1.29, 1.82) is 0 Å². The number of piperidine rings is 1. The van der Waals surface area contributed by atoms with Crippen LogP contribution in [0.15, 0.2) is 0 Å². The van der Waals surface area contributed by atoms with Crippen LogP contribution in [0.25, 0.3) is 0 Å². The number of amides is 2. The second kappa shape index (κ2) is 5.30. The highest BCUT2D eigenvalue weighted by molar-refractivity contribution is 5.83. The monoisotopic (exact) mass is 227 g/mol. The zero-order valence-corrected chi connectivity index (χ0v) is 10.0. The molecular formula is C11H21N3O2. The number of primary amides is 1. The molecule has 1 atom stereocenters. The second-order valence-electron chi connectivity index (χ2n) is 4.86. The van der Waals surface area contributed by atoms with Crippen LogP contribution in [0.5, 0.6) is 0 Å². The summed E-state index contributed by atoms with van der Waals surface area (Å²) in [6, 6.07) is -0.184. The van der Waals surface area contributed by atoms with Gasteiger partial charge in [-0.25, -0.2) is 0 Å². The van der Waals surface area contributed by atoms with Crippen LogP contribution in [0, 0.1) is 5.41 Å². The van der Waals surface area contributed by atoms with E-state index in [1.54, 1.807) is 6.92 Å².